The Morgan fingerprint density at radius 1 is 0.976 bits per heavy atom. The highest BCUT2D eigenvalue weighted by atomic mass is 32.2. The van der Waals surface area contributed by atoms with Crippen molar-refractivity contribution < 1.29 is 24.2 Å². The number of aryl methyl sites for hydroxylation is 1. The van der Waals surface area contributed by atoms with E-state index in [4.69, 9.17) is 9.47 Å². The molecule has 11 heteroatoms. The van der Waals surface area contributed by atoms with Crippen molar-refractivity contribution in [1.29, 1.82) is 0 Å². The molecule has 0 bridgehead atoms. The lowest BCUT2D eigenvalue weighted by Gasteiger charge is -2.41. The summed E-state index contributed by atoms with van der Waals surface area (Å²) < 4.78 is 14.9. The van der Waals surface area contributed by atoms with E-state index in [1.165, 1.54) is 6.92 Å². The van der Waals surface area contributed by atoms with Crippen molar-refractivity contribution in [3.8, 4) is 0 Å². The molecule has 3 aromatic rings. The van der Waals surface area contributed by atoms with Crippen LogP contribution < -0.4 is 10.6 Å². The lowest BCUT2D eigenvalue weighted by atomic mass is 9.91. The summed E-state index contributed by atoms with van der Waals surface area (Å²) in [4.78, 5) is 23.2. The molecule has 3 N–H and O–H groups in total. The second-order valence-corrected chi connectivity index (χ2v) is 11.7. The SMILES string of the molecule is CC(=O)NCCCCCC(=O)NCc1ccc([C@H]2O[C@@H](CSc3nncn3C)[C@@H](C)[C@@H](c3ccc(CO)cc3)O2)cc1. The number of nitrogens with one attached hydrogen (secondary N) is 2. The number of aliphatic hydroxyl groups is 1. The summed E-state index contributed by atoms with van der Waals surface area (Å²) in [6.45, 7) is 4.74. The van der Waals surface area contributed by atoms with Gasteiger partial charge in [0.2, 0.25) is 11.8 Å². The summed E-state index contributed by atoms with van der Waals surface area (Å²) in [5, 5.41) is 24.2. The van der Waals surface area contributed by atoms with Crippen molar-refractivity contribution >= 4 is 23.6 Å². The lowest BCUT2D eigenvalue weighted by Crippen LogP contribution is -2.38. The number of rotatable bonds is 14. The number of aromatic nitrogens is 3. The van der Waals surface area contributed by atoms with Crippen LogP contribution in [0, 0.1) is 5.92 Å². The van der Waals surface area contributed by atoms with Crippen LogP contribution >= 0.6 is 11.8 Å². The molecule has 1 aliphatic heterocycles. The smallest absolute Gasteiger partial charge is 0.220 e. The van der Waals surface area contributed by atoms with Gasteiger partial charge in [-0.15, -0.1) is 10.2 Å². The molecule has 4 atom stereocenters. The number of hydrogen-bond acceptors (Lipinski definition) is 8. The van der Waals surface area contributed by atoms with E-state index in [-0.39, 0.29) is 36.5 Å². The highest BCUT2D eigenvalue weighted by Gasteiger charge is 2.38. The fourth-order valence-electron chi connectivity index (χ4n) is 4.80. The zero-order valence-electron chi connectivity index (χ0n) is 24.5. The van der Waals surface area contributed by atoms with Crippen LogP contribution in [0.2, 0.25) is 0 Å². The molecule has 0 saturated carbocycles. The first-order valence-electron chi connectivity index (χ1n) is 14.4. The van der Waals surface area contributed by atoms with E-state index in [1.807, 2.05) is 60.1 Å². The molecule has 0 spiro atoms. The van der Waals surface area contributed by atoms with Gasteiger partial charge in [0, 0.05) is 50.7 Å². The third-order valence-electron chi connectivity index (χ3n) is 7.37. The van der Waals surface area contributed by atoms with Crippen LogP contribution in [0.25, 0.3) is 0 Å². The first-order valence-corrected chi connectivity index (χ1v) is 15.4. The third kappa shape index (κ3) is 9.12. The predicted molar refractivity (Wildman–Crippen MR) is 160 cm³/mol. The first-order chi connectivity index (χ1) is 20.3. The zero-order chi connectivity index (χ0) is 29.9. The minimum absolute atomic E-state index is 0.00318. The maximum Gasteiger partial charge on any atom is 0.220 e. The number of benzene rings is 2. The van der Waals surface area contributed by atoms with E-state index in [1.54, 1.807) is 18.1 Å². The minimum atomic E-state index is -0.560. The summed E-state index contributed by atoms with van der Waals surface area (Å²) in [7, 11) is 1.92. The fourth-order valence-corrected chi connectivity index (χ4v) is 5.85. The maximum absolute atomic E-state index is 12.3. The van der Waals surface area contributed by atoms with E-state index in [9.17, 15) is 14.7 Å². The van der Waals surface area contributed by atoms with Gasteiger partial charge in [0.25, 0.3) is 0 Å². The molecule has 10 nitrogen and oxygen atoms in total. The number of hydrogen-bond donors (Lipinski definition) is 3. The van der Waals surface area contributed by atoms with Crippen LogP contribution in [0.4, 0.5) is 0 Å². The normalized spacial score (nSPS) is 20.3. The Kier molecular flexibility index (Phi) is 11.9. The first kappa shape index (κ1) is 31.7. The Hall–Kier alpha value is -3.25. The topological polar surface area (TPSA) is 128 Å². The van der Waals surface area contributed by atoms with Crippen molar-refractivity contribution in [2.75, 3.05) is 12.3 Å². The Balaban J connectivity index is 1.36. The van der Waals surface area contributed by atoms with Gasteiger partial charge in [0.05, 0.1) is 18.8 Å². The van der Waals surface area contributed by atoms with Crippen molar-refractivity contribution in [3.05, 3.63) is 77.1 Å². The second-order valence-electron chi connectivity index (χ2n) is 10.7. The Labute approximate surface area is 251 Å². The molecule has 42 heavy (non-hydrogen) atoms. The maximum atomic E-state index is 12.3. The summed E-state index contributed by atoms with van der Waals surface area (Å²) in [5.41, 5.74) is 3.79. The molecule has 2 heterocycles. The summed E-state index contributed by atoms with van der Waals surface area (Å²) in [6, 6.07) is 15.8. The number of thioether (sulfide) groups is 1. The van der Waals surface area contributed by atoms with Crippen molar-refractivity contribution in [2.45, 2.75) is 76.3 Å². The number of nitrogens with zero attached hydrogens (tertiary/aromatic N) is 3. The van der Waals surface area contributed by atoms with Crippen molar-refractivity contribution in [3.63, 3.8) is 0 Å². The molecule has 1 fully saturated rings. The van der Waals surface area contributed by atoms with E-state index in [0.29, 0.717) is 25.3 Å². The van der Waals surface area contributed by atoms with Gasteiger partial charge in [-0.3, -0.25) is 9.59 Å². The summed E-state index contributed by atoms with van der Waals surface area (Å²) in [6.07, 6.45) is 3.85. The van der Waals surface area contributed by atoms with E-state index < -0.39 is 6.29 Å². The van der Waals surface area contributed by atoms with Crippen LogP contribution in [-0.2, 0) is 39.3 Å². The fraction of sp³-hybridized carbons (Fsp3) is 0.484. The Morgan fingerprint density at radius 3 is 2.36 bits per heavy atom. The largest absolute Gasteiger partial charge is 0.392 e. The third-order valence-corrected chi connectivity index (χ3v) is 8.49. The van der Waals surface area contributed by atoms with Crippen LogP contribution in [0.3, 0.4) is 0 Å². The summed E-state index contributed by atoms with van der Waals surface area (Å²) >= 11 is 1.61. The van der Waals surface area contributed by atoms with E-state index in [0.717, 1.165) is 46.7 Å². The number of carbonyl (C=O) groups is 2. The van der Waals surface area contributed by atoms with Crippen molar-refractivity contribution in [1.82, 2.24) is 25.4 Å². The highest BCUT2D eigenvalue weighted by Crippen LogP contribution is 2.42. The summed E-state index contributed by atoms with van der Waals surface area (Å²) in [5.74, 6) is 0.753. The molecule has 1 aromatic heterocycles. The number of aliphatic hydroxyl groups excluding tert-OH is 1. The van der Waals surface area contributed by atoms with Crippen LogP contribution in [0.5, 0.6) is 0 Å². The van der Waals surface area contributed by atoms with E-state index >= 15 is 0 Å². The average molecular weight is 596 g/mol. The van der Waals surface area contributed by atoms with Gasteiger partial charge in [-0.1, -0.05) is 73.6 Å². The number of carbonyl (C=O) groups excluding carboxylic acids is 2. The van der Waals surface area contributed by atoms with Crippen molar-refractivity contribution in [2.24, 2.45) is 13.0 Å². The Morgan fingerprint density at radius 2 is 1.69 bits per heavy atom. The van der Waals surface area contributed by atoms with Gasteiger partial charge in [0.15, 0.2) is 11.4 Å². The van der Waals surface area contributed by atoms with Crippen LogP contribution in [0.1, 0.15) is 74.2 Å². The number of ether oxygens (including phenoxy) is 2. The average Bonchev–Trinajstić information content (AvgIpc) is 3.41. The number of unbranched alkanes of at least 4 members (excludes halogenated alkanes) is 2. The standard InChI is InChI=1S/C31H41N5O5S/c1-21-27(19-42-31-35-34-20-36(31)3)40-30(41-29(21)25-12-10-24(18-37)11-13-25)26-14-8-23(9-15-26)17-33-28(39)7-5-4-6-16-32-22(2)38/h8-15,20-21,27,29-30,37H,4-7,16-19H2,1-3H3,(H,32,38)(H,33,39)/t21-,27+,29+,30+/m1/s1. The van der Waals surface area contributed by atoms with Gasteiger partial charge in [0.1, 0.15) is 6.33 Å². The second kappa shape index (κ2) is 15.8. The quantitative estimate of drug-likeness (QED) is 0.187. The molecule has 4 rings (SSSR count). The molecule has 2 amide bonds. The Bertz CT molecular complexity index is 1280. The molecule has 0 radical (unpaired) electrons. The predicted octanol–water partition coefficient (Wildman–Crippen LogP) is 4.20. The van der Waals surface area contributed by atoms with E-state index in [2.05, 4.69) is 27.8 Å². The molecule has 1 saturated heterocycles. The number of amides is 2. The molecule has 0 aliphatic carbocycles. The molecule has 226 valence electrons. The highest BCUT2D eigenvalue weighted by molar-refractivity contribution is 7.99. The van der Waals surface area contributed by atoms with Gasteiger partial charge in [-0.25, -0.2) is 0 Å². The molecular formula is C31H41N5O5S. The molecule has 2 aromatic carbocycles. The molecule has 1 aliphatic rings. The van der Waals surface area contributed by atoms with Gasteiger partial charge in [-0.05, 0) is 29.5 Å². The molecule has 0 unspecified atom stereocenters. The monoisotopic (exact) mass is 595 g/mol. The van der Waals surface area contributed by atoms with Crippen LogP contribution in [0.15, 0.2) is 60.0 Å². The molecular weight excluding hydrogens is 554 g/mol. The van der Waals surface area contributed by atoms with Gasteiger partial charge in [-0.2, -0.15) is 0 Å². The van der Waals surface area contributed by atoms with Gasteiger partial charge < -0.3 is 29.8 Å². The minimum Gasteiger partial charge on any atom is -0.392 e. The van der Waals surface area contributed by atoms with Crippen LogP contribution in [-0.4, -0.2) is 50.1 Å². The zero-order valence-corrected chi connectivity index (χ0v) is 25.3. The lowest BCUT2D eigenvalue weighted by molar-refractivity contribution is -0.268. The van der Waals surface area contributed by atoms with Gasteiger partial charge >= 0.3 is 0 Å².